The molecule has 0 saturated heterocycles. The Kier molecular flexibility index (Phi) is 31.9. The van der Waals surface area contributed by atoms with Crippen molar-refractivity contribution in [3.8, 4) is 0 Å². The van der Waals surface area contributed by atoms with Crippen molar-refractivity contribution >= 4 is 25.5 Å². The lowest BCUT2D eigenvalue weighted by Crippen LogP contribution is -2.55. The molecule has 0 fully saturated rings. The number of phosphoric acid groups is 1. The fourth-order valence-electron chi connectivity index (χ4n) is 7.35. The van der Waals surface area contributed by atoms with Crippen LogP contribution in [0.4, 0.5) is 0 Å². The molecule has 1 aliphatic heterocycles. The van der Waals surface area contributed by atoms with Gasteiger partial charge in [0.2, 0.25) is 0 Å². The summed E-state index contributed by atoms with van der Waals surface area (Å²) in [5.74, 6) is -4.72. The molecular weight excluding hydrogens is 884 g/mol. The van der Waals surface area contributed by atoms with Crippen molar-refractivity contribution < 1.29 is 73.0 Å². The smallest absolute Gasteiger partial charge is 0.462 e. The van der Waals surface area contributed by atoms with E-state index in [1.54, 1.807) is 12.2 Å². The second-order valence-electron chi connectivity index (χ2n) is 17.3. The molecule has 0 aromatic rings. The van der Waals surface area contributed by atoms with Gasteiger partial charge in [-0.25, -0.2) is 4.57 Å². The predicted molar refractivity (Wildman–Crippen MR) is 257 cm³/mol. The largest absolute Gasteiger partial charge is 0.472 e. The number of allylic oxidation sites excluding steroid dienone is 11. The average Bonchev–Trinajstić information content (AvgIpc) is 3.30. The number of carbonyl (C=O) groups is 3. The summed E-state index contributed by atoms with van der Waals surface area (Å²) in [6, 6.07) is 0. The van der Waals surface area contributed by atoms with Crippen LogP contribution in [0.3, 0.4) is 0 Å². The van der Waals surface area contributed by atoms with Crippen molar-refractivity contribution in [1.29, 1.82) is 0 Å². The Morgan fingerprint density at radius 2 is 1.39 bits per heavy atom. The molecule has 0 radical (unpaired) electrons. The molecule has 2 aliphatic rings. The number of aliphatic hydroxyl groups excluding tert-OH is 6. The van der Waals surface area contributed by atoms with E-state index in [0.717, 1.165) is 57.4 Å². The number of cyclic esters (lactones) is 1. The second kappa shape index (κ2) is 35.7. The molecule has 0 aromatic carbocycles. The van der Waals surface area contributed by atoms with Crippen molar-refractivity contribution in [2.45, 2.75) is 191 Å². The first-order valence-electron chi connectivity index (χ1n) is 24.4. The van der Waals surface area contributed by atoms with Gasteiger partial charge in [0.1, 0.15) is 31.0 Å². The number of rotatable bonds is 23. The Balaban J connectivity index is 2.11. The highest BCUT2D eigenvalue weighted by atomic mass is 31.2. The van der Waals surface area contributed by atoms with Crippen LogP contribution in [0.5, 0.6) is 0 Å². The standard InChI is InChI=1S/C51H81O15P/c1-3-5-7-8-9-10-11-12-13-14-15-16-17-18-19-20-21-22-28-32-45(55)65-41-37-63-44(54)31-27-24-23-26-29-39-33-36-43(53)42(35-34-40(52)30-25-6-4-2)47(57)49(59)51(50(60)48(58)46(39)56)66-67(61,62)64-38-41/h9-10,12-13,15-16,18-19,23,26,33-36,39-42,46-52,56-60H,3-8,11,14,17,20-22,24-25,27-32,37-38H2,1-2H3,(H,61,62)/b10-9-,13-12-,16-15-,19-18-,26-23-,35-34+,36-33-/t39-,40-,41+,42-,46+,47+,48-,49+,50+,51+/m0/s1. The highest BCUT2D eigenvalue weighted by Crippen LogP contribution is 2.47. The number of hydrogen-bond donors (Lipinski definition) is 7. The molecule has 15 nitrogen and oxygen atoms in total. The quantitative estimate of drug-likeness (QED) is 0.0225. The Bertz CT molecular complexity index is 1650. The van der Waals surface area contributed by atoms with Gasteiger partial charge in [-0.1, -0.05) is 131 Å². The summed E-state index contributed by atoms with van der Waals surface area (Å²) in [6.07, 6.45) is 23.7. The molecule has 7 N–H and O–H groups in total. The molecule has 0 spiro atoms. The van der Waals surface area contributed by atoms with Crippen molar-refractivity contribution in [3.05, 3.63) is 85.1 Å². The van der Waals surface area contributed by atoms with E-state index < -0.39 is 99.4 Å². The summed E-state index contributed by atoms with van der Waals surface area (Å²) < 4.78 is 34.7. The molecule has 11 atom stereocenters. The van der Waals surface area contributed by atoms with Crippen molar-refractivity contribution in [1.82, 2.24) is 0 Å². The van der Waals surface area contributed by atoms with Crippen LogP contribution in [0.15, 0.2) is 85.1 Å². The van der Waals surface area contributed by atoms with Crippen molar-refractivity contribution in [2.24, 2.45) is 11.8 Å². The number of ketones is 1. The van der Waals surface area contributed by atoms with Gasteiger partial charge in [0, 0.05) is 18.8 Å². The minimum atomic E-state index is -5.43. The van der Waals surface area contributed by atoms with E-state index in [1.165, 1.54) is 37.5 Å². The third kappa shape index (κ3) is 26.3. The summed E-state index contributed by atoms with van der Waals surface area (Å²) in [4.78, 5) is 50.0. The lowest BCUT2D eigenvalue weighted by Gasteiger charge is -2.36. The maximum Gasteiger partial charge on any atom is 0.472 e. The van der Waals surface area contributed by atoms with E-state index in [1.807, 2.05) is 6.92 Å². The molecule has 1 aliphatic carbocycles. The molecule has 0 saturated carbocycles. The van der Waals surface area contributed by atoms with E-state index in [-0.39, 0.29) is 19.3 Å². The summed E-state index contributed by atoms with van der Waals surface area (Å²) in [6.45, 7) is 2.80. The number of fused-ring (bicyclic) bond motifs is 4. The van der Waals surface area contributed by atoms with E-state index in [4.69, 9.17) is 18.5 Å². The zero-order chi connectivity index (χ0) is 49.3. The molecule has 0 aromatic heterocycles. The van der Waals surface area contributed by atoms with Crippen molar-refractivity contribution in [3.63, 3.8) is 0 Å². The fraction of sp³-hybridized carbons (Fsp3) is 0.667. The first kappa shape index (κ1) is 59.8. The SMILES string of the molecule is CCCCC/C=C\C/C=C\C/C=C\C/C=C\CCCCCC(=O)O[C@@H]1COC(=O)CCC/C=C\C[C@H]2/C=C\C(=O)[C@H](/C=C/[C@@H](O)CCCCC)[C@@H](O)[C@@H](O)[C@@H](OP(=O)(O)OC1)[C@H](O)[C@@H](O)[C@@H]2O. The van der Waals surface area contributed by atoms with Crippen LogP contribution in [0.2, 0.25) is 0 Å². The summed E-state index contributed by atoms with van der Waals surface area (Å²) >= 11 is 0. The van der Waals surface area contributed by atoms with E-state index in [9.17, 15) is 54.5 Å². The number of carbonyl (C=O) groups excluding carboxylic acids is 3. The second-order valence-corrected chi connectivity index (χ2v) is 18.7. The normalized spacial score (nSPS) is 30.4. The number of phosphoric ester groups is 1. The van der Waals surface area contributed by atoms with Crippen LogP contribution in [0.25, 0.3) is 0 Å². The first-order valence-corrected chi connectivity index (χ1v) is 25.9. The summed E-state index contributed by atoms with van der Waals surface area (Å²) in [5.41, 5.74) is 0. The highest BCUT2D eigenvalue weighted by Gasteiger charge is 2.47. The molecule has 2 bridgehead atoms. The molecule has 1 heterocycles. The Morgan fingerprint density at radius 3 is 2.04 bits per heavy atom. The Hall–Kier alpha value is -3.34. The van der Waals surface area contributed by atoms with Crippen LogP contribution in [0.1, 0.15) is 142 Å². The average molecular weight is 965 g/mol. The minimum absolute atomic E-state index is 0.00278. The van der Waals surface area contributed by atoms with Crippen LogP contribution in [-0.2, 0) is 37.5 Å². The van der Waals surface area contributed by atoms with E-state index >= 15 is 0 Å². The van der Waals surface area contributed by atoms with E-state index in [2.05, 4.69) is 55.5 Å². The number of esters is 2. The van der Waals surface area contributed by atoms with Crippen LogP contribution >= 0.6 is 7.82 Å². The van der Waals surface area contributed by atoms with Crippen LogP contribution in [0, 0.1) is 11.8 Å². The van der Waals surface area contributed by atoms with Crippen molar-refractivity contribution in [2.75, 3.05) is 13.2 Å². The third-order valence-corrected chi connectivity index (χ3v) is 12.4. The summed E-state index contributed by atoms with van der Waals surface area (Å²) in [5, 5.41) is 67.1. The van der Waals surface area contributed by atoms with Gasteiger partial charge in [-0.2, -0.15) is 0 Å². The molecule has 380 valence electrons. The zero-order valence-corrected chi connectivity index (χ0v) is 40.7. The van der Waals surface area contributed by atoms with Gasteiger partial charge in [-0.05, 0) is 83.1 Å². The molecular formula is C51H81O15P. The minimum Gasteiger partial charge on any atom is -0.462 e. The fourth-order valence-corrected chi connectivity index (χ4v) is 8.33. The number of aliphatic hydroxyl groups is 6. The molecule has 1 unspecified atom stereocenters. The molecule has 2 rings (SSSR count). The summed E-state index contributed by atoms with van der Waals surface area (Å²) in [7, 11) is -5.43. The third-order valence-electron chi connectivity index (χ3n) is 11.5. The van der Waals surface area contributed by atoms with Gasteiger partial charge in [-0.15, -0.1) is 0 Å². The molecule has 67 heavy (non-hydrogen) atoms. The van der Waals surface area contributed by atoms with Gasteiger partial charge in [-0.3, -0.25) is 23.4 Å². The maximum absolute atomic E-state index is 13.6. The van der Waals surface area contributed by atoms with Crippen LogP contribution in [-0.4, -0.2) is 115 Å². The predicted octanol–water partition coefficient (Wildman–Crippen LogP) is 7.67. The lowest BCUT2D eigenvalue weighted by molar-refractivity contribution is -0.164. The maximum atomic E-state index is 13.6. The van der Waals surface area contributed by atoms with Gasteiger partial charge in [0.25, 0.3) is 0 Å². The number of unbranched alkanes of at least 4 members (excludes halogenated alkanes) is 8. The Morgan fingerprint density at radius 1 is 0.776 bits per heavy atom. The highest BCUT2D eigenvalue weighted by molar-refractivity contribution is 7.47. The lowest BCUT2D eigenvalue weighted by atomic mass is 9.87. The number of hydrogen-bond acceptors (Lipinski definition) is 14. The molecule has 16 heteroatoms. The van der Waals surface area contributed by atoms with Gasteiger partial charge in [0.15, 0.2) is 11.9 Å². The van der Waals surface area contributed by atoms with E-state index in [0.29, 0.717) is 38.5 Å². The number of ether oxygens (including phenoxy) is 2. The van der Waals surface area contributed by atoms with Gasteiger partial charge >= 0.3 is 19.8 Å². The van der Waals surface area contributed by atoms with Gasteiger partial charge in [0.05, 0.1) is 30.8 Å². The zero-order valence-electron chi connectivity index (χ0n) is 39.8. The molecule has 0 amide bonds. The van der Waals surface area contributed by atoms with Crippen LogP contribution < -0.4 is 0 Å². The monoisotopic (exact) mass is 965 g/mol. The Labute approximate surface area is 398 Å². The topological polar surface area (TPSA) is 247 Å². The first-order chi connectivity index (χ1) is 32.2. The van der Waals surface area contributed by atoms with Gasteiger partial charge < -0.3 is 45.0 Å².